The Hall–Kier alpha value is -3.03. The van der Waals surface area contributed by atoms with Crippen LogP contribution in [0.1, 0.15) is 12.2 Å². The van der Waals surface area contributed by atoms with Crippen molar-refractivity contribution in [2.24, 2.45) is 0 Å². The number of anilines is 1. The summed E-state index contributed by atoms with van der Waals surface area (Å²) in [4.78, 5) is 27.8. The van der Waals surface area contributed by atoms with Crippen LogP contribution in [0.2, 0.25) is 0 Å². The number of hydrogen-bond donors (Lipinski definition) is 1. The molecule has 2 aromatic rings. The highest BCUT2D eigenvalue weighted by molar-refractivity contribution is 5.88. The molecular weight excluding hydrogens is 324 g/mol. The number of hydrogen-bond acceptors (Lipinski definition) is 5. The third-order valence-electron chi connectivity index (χ3n) is 3.85. The number of carbonyl (C=O) groups is 2. The van der Waals surface area contributed by atoms with Crippen LogP contribution in [0, 0.1) is 6.92 Å². The van der Waals surface area contributed by atoms with Crippen molar-refractivity contribution in [1.82, 2.24) is 15.0 Å². The standard InChI is InChI=1S/C17H20N4O4/c1-13-12-15(19-25-13)18-16(22)20-8-5-9-21(11-10-20)17(23)24-14-6-3-2-4-7-14/h2-4,6-7,12H,5,8-11H2,1H3,(H,18,19,22). The van der Waals surface area contributed by atoms with Crippen molar-refractivity contribution in [3.63, 3.8) is 0 Å². The molecule has 0 saturated carbocycles. The van der Waals surface area contributed by atoms with Crippen LogP contribution in [-0.2, 0) is 0 Å². The largest absolute Gasteiger partial charge is 0.415 e. The van der Waals surface area contributed by atoms with Gasteiger partial charge in [-0.15, -0.1) is 0 Å². The molecule has 1 aliphatic heterocycles. The van der Waals surface area contributed by atoms with E-state index in [1.54, 1.807) is 34.9 Å². The molecule has 25 heavy (non-hydrogen) atoms. The SMILES string of the molecule is Cc1cc(NC(=O)N2CCCN(C(=O)Oc3ccccc3)CC2)no1. The number of carbonyl (C=O) groups excluding carboxylic acids is 2. The van der Waals surface area contributed by atoms with Crippen molar-refractivity contribution in [2.45, 2.75) is 13.3 Å². The van der Waals surface area contributed by atoms with E-state index < -0.39 is 6.09 Å². The first-order chi connectivity index (χ1) is 12.1. The molecular formula is C17H20N4O4. The van der Waals surface area contributed by atoms with Gasteiger partial charge in [-0.05, 0) is 25.5 Å². The predicted molar refractivity (Wildman–Crippen MR) is 90.5 cm³/mol. The summed E-state index contributed by atoms with van der Waals surface area (Å²) in [6.45, 7) is 3.69. The summed E-state index contributed by atoms with van der Waals surface area (Å²) in [6, 6.07) is 10.3. The molecule has 0 spiro atoms. The van der Waals surface area contributed by atoms with Crippen LogP contribution in [0.25, 0.3) is 0 Å². The van der Waals surface area contributed by atoms with Gasteiger partial charge in [-0.2, -0.15) is 0 Å². The Bertz CT molecular complexity index is 731. The van der Waals surface area contributed by atoms with Crippen LogP contribution in [0.15, 0.2) is 40.9 Å². The molecule has 8 heteroatoms. The molecule has 8 nitrogen and oxygen atoms in total. The number of benzene rings is 1. The fraction of sp³-hybridized carbons (Fsp3) is 0.353. The van der Waals surface area contributed by atoms with Gasteiger partial charge in [0, 0.05) is 32.2 Å². The van der Waals surface area contributed by atoms with Crippen molar-refractivity contribution in [1.29, 1.82) is 0 Å². The summed E-state index contributed by atoms with van der Waals surface area (Å²) in [7, 11) is 0. The molecule has 1 aromatic carbocycles. The number of nitrogens with one attached hydrogen (secondary N) is 1. The first kappa shape index (κ1) is 16.8. The molecule has 0 aliphatic carbocycles. The molecule has 2 heterocycles. The van der Waals surface area contributed by atoms with E-state index in [2.05, 4.69) is 10.5 Å². The number of aryl methyl sites for hydroxylation is 1. The minimum Gasteiger partial charge on any atom is -0.410 e. The summed E-state index contributed by atoms with van der Waals surface area (Å²) >= 11 is 0. The maximum absolute atomic E-state index is 12.3. The molecule has 132 valence electrons. The Kier molecular flexibility index (Phi) is 5.17. The van der Waals surface area contributed by atoms with Gasteiger partial charge >= 0.3 is 12.1 Å². The number of amides is 3. The third kappa shape index (κ3) is 4.50. The van der Waals surface area contributed by atoms with Gasteiger partial charge in [0.25, 0.3) is 0 Å². The molecule has 1 aromatic heterocycles. The first-order valence-corrected chi connectivity index (χ1v) is 8.13. The Morgan fingerprint density at radius 1 is 1.12 bits per heavy atom. The lowest BCUT2D eigenvalue weighted by atomic mass is 10.3. The zero-order valence-electron chi connectivity index (χ0n) is 14.0. The van der Waals surface area contributed by atoms with E-state index in [1.165, 1.54) is 0 Å². The molecule has 3 rings (SSSR count). The van der Waals surface area contributed by atoms with Crippen LogP contribution in [0.4, 0.5) is 15.4 Å². The van der Waals surface area contributed by atoms with E-state index in [0.717, 1.165) is 0 Å². The second-order valence-electron chi connectivity index (χ2n) is 5.76. The van der Waals surface area contributed by atoms with E-state index in [0.29, 0.717) is 49.9 Å². The van der Waals surface area contributed by atoms with Gasteiger partial charge < -0.3 is 19.1 Å². The summed E-state index contributed by atoms with van der Waals surface area (Å²) in [5.74, 6) is 1.51. The second kappa shape index (κ2) is 7.69. The van der Waals surface area contributed by atoms with E-state index in [4.69, 9.17) is 9.26 Å². The van der Waals surface area contributed by atoms with Gasteiger partial charge in [0.05, 0.1) is 0 Å². The summed E-state index contributed by atoms with van der Waals surface area (Å²) in [5.41, 5.74) is 0. The Labute approximate surface area is 145 Å². The minimum atomic E-state index is -0.402. The molecule has 0 radical (unpaired) electrons. The minimum absolute atomic E-state index is 0.258. The van der Waals surface area contributed by atoms with E-state index in [1.807, 2.05) is 18.2 Å². The fourth-order valence-electron chi connectivity index (χ4n) is 2.57. The second-order valence-corrected chi connectivity index (χ2v) is 5.76. The monoisotopic (exact) mass is 344 g/mol. The molecule has 1 aliphatic rings. The lowest BCUT2D eigenvalue weighted by Gasteiger charge is -2.21. The molecule has 0 atom stereocenters. The maximum Gasteiger partial charge on any atom is 0.415 e. The number of para-hydroxylation sites is 1. The molecule has 3 amide bonds. The Morgan fingerprint density at radius 2 is 1.84 bits per heavy atom. The molecule has 0 bridgehead atoms. The van der Waals surface area contributed by atoms with E-state index >= 15 is 0 Å². The first-order valence-electron chi connectivity index (χ1n) is 8.13. The predicted octanol–water partition coefficient (Wildman–Crippen LogP) is 2.72. The van der Waals surface area contributed by atoms with Crippen LogP contribution in [-0.4, -0.2) is 53.3 Å². The molecule has 1 fully saturated rings. The van der Waals surface area contributed by atoms with E-state index in [9.17, 15) is 9.59 Å². The summed E-state index contributed by atoms with van der Waals surface area (Å²) in [5, 5.41) is 6.44. The van der Waals surface area contributed by atoms with Crippen LogP contribution >= 0.6 is 0 Å². The maximum atomic E-state index is 12.3. The summed E-state index contributed by atoms with van der Waals surface area (Å²) in [6.07, 6.45) is 0.274. The molecule has 1 N–H and O–H groups in total. The smallest absolute Gasteiger partial charge is 0.410 e. The lowest BCUT2D eigenvalue weighted by Crippen LogP contribution is -2.40. The normalized spacial score (nSPS) is 14.8. The van der Waals surface area contributed by atoms with Crippen molar-refractivity contribution in [3.8, 4) is 5.75 Å². The third-order valence-corrected chi connectivity index (χ3v) is 3.85. The van der Waals surface area contributed by atoms with Crippen molar-refractivity contribution in [2.75, 3.05) is 31.5 Å². The van der Waals surface area contributed by atoms with Gasteiger partial charge in [0.2, 0.25) is 0 Å². The van der Waals surface area contributed by atoms with Crippen LogP contribution in [0.3, 0.4) is 0 Å². The number of aromatic nitrogens is 1. The van der Waals surface area contributed by atoms with Crippen molar-refractivity contribution >= 4 is 17.9 Å². The van der Waals surface area contributed by atoms with Crippen LogP contribution < -0.4 is 10.1 Å². The van der Waals surface area contributed by atoms with Crippen LogP contribution in [0.5, 0.6) is 5.75 Å². The average molecular weight is 344 g/mol. The zero-order chi connectivity index (χ0) is 17.6. The van der Waals surface area contributed by atoms with Gasteiger partial charge in [-0.3, -0.25) is 5.32 Å². The lowest BCUT2D eigenvalue weighted by molar-refractivity contribution is 0.153. The van der Waals surface area contributed by atoms with Gasteiger partial charge in [0.1, 0.15) is 11.5 Å². The zero-order valence-corrected chi connectivity index (χ0v) is 14.0. The number of rotatable bonds is 2. The topological polar surface area (TPSA) is 87.9 Å². The molecule has 0 unspecified atom stereocenters. The molecule has 1 saturated heterocycles. The average Bonchev–Trinajstić information content (AvgIpc) is 2.86. The number of urea groups is 1. The van der Waals surface area contributed by atoms with Gasteiger partial charge in [-0.1, -0.05) is 23.4 Å². The highest BCUT2D eigenvalue weighted by atomic mass is 16.6. The number of nitrogens with zero attached hydrogens (tertiary/aromatic N) is 3. The van der Waals surface area contributed by atoms with Gasteiger partial charge in [-0.25, -0.2) is 9.59 Å². The van der Waals surface area contributed by atoms with Crippen molar-refractivity contribution in [3.05, 3.63) is 42.2 Å². The summed E-state index contributed by atoms with van der Waals surface area (Å²) < 4.78 is 10.3. The Balaban J connectivity index is 1.53. The van der Waals surface area contributed by atoms with Crippen molar-refractivity contribution < 1.29 is 18.8 Å². The fourth-order valence-corrected chi connectivity index (χ4v) is 2.57. The Morgan fingerprint density at radius 3 is 2.56 bits per heavy atom. The highest BCUT2D eigenvalue weighted by Crippen LogP contribution is 2.13. The van der Waals surface area contributed by atoms with E-state index in [-0.39, 0.29) is 6.03 Å². The highest BCUT2D eigenvalue weighted by Gasteiger charge is 2.23. The van der Waals surface area contributed by atoms with Gasteiger partial charge in [0.15, 0.2) is 5.82 Å². The quantitative estimate of drug-likeness (QED) is 0.905. The number of ether oxygens (including phenoxy) is 1.